The average molecular weight is 251 g/mol. The average Bonchev–Trinajstić information content (AvgIpc) is 2.38. The van der Waals surface area contributed by atoms with E-state index in [0.29, 0.717) is 6.54 Å². The minimum atomic E-state index is -0.932. The molecule has 18 heavy (non-hydrogen) atoms. The van der Waals surface area contributed by atoms with E-state index in [1.807, 2.05) is 6.92 Å². The molecule has 1 aromatic carbocycles. The van der Waals surface area contributed by atoms with Gasteiger partial charge < -0.3 is 10.4 Å². The topological polar surface area (TPSA) is 49.3 Å². The van der Waals surface area contributed by atoms with Crippen LogP contribution in [0, 0.1) is 0 Å². The molecule has 0 aliphatic rings. The molecule has 0 heterocycles. The highest BCUT2D eigenvalue weighted by Gasteiger charge is 1.89. The molecule has 1 rings (SSSR count). The minimum Gasteiger partial charge on any atom is -0.465 e. The van der Waals surface area contributed by atoms with Gasteiger partial charge in [0.05, 0.1) is 0 Å². The lowest BCUT2D eigenvalue weighted by Gasteiger charge is -1.96. The zero-order valence-corrected chi connectivity index (χ0v) is 11.5. The van der Waals surface area contributed by atoms with Crippen LogP contribution in [0.2, 0.25) is 0 Å². The third-order valence-electron chi connectivity index (χ3n) is 2.47. The molecule has 0 spiro atoms. The number of carboxylic acid groups (broad SMARTS) is 1. The van der Waals surface area contributed by atoms with Crippen LogP contribution in [0.25, 0.3) is 0 Å². The van der Waals surface area contributed by atoms with Crippen molar-refractivity contribution in [2.75, 3.05) is 6.54 Å². The monoisotopic (exact) mass is 251 g/mol. The van der Waals surface area contributed by atoms with Gasteiger partial charge in [-0.3, -0.25) is 0 Å². The lowest BCUT2D eigenvalue weighted by molar-refractivity contribution is 0.194. The Morgan fingerprint density at radius 3 is 2.22 bits per heavy atom. The molecule has 1 aromatic rings. The molecule has 3 nitrogen and oxygen atoms in total. The van der Waals surface area contributed by atoms with Crippen LogP contribution in [0.5, 0.6) is 0 Å². The second-order valence-electron chi connectivity index (χ2n) is 4.17. The SMILES string of the molecule is CCCCNC(=O)O.CCCCc1ccccc1. The zero-order valence-electron chi connectivity index (χ0n) is 11.5. The van der Waals surface area contributed by atoms with Crippen molar-refractivity contribution in [1.29, 1.82) is 0 Å². The Bertz CT molecular complexity index is 299. The van der Waals surface area contributed by atoms with E-state index in [9.17, 15) is 4.79 Å². The predicted molar refractivity (Wildman–Crippen MR) is 76.0 cm³/mol. The fourth-order valence-electron chi connectivity index (χ4n) is 1.40. The summed E-state index contributed by atoms with van der Waals surface area (Å²) in [5, 5.41) is 10.3. The first-order valence-corrected chi connectivity index (χ1v) is 6.71. The molecular weight excluding hydrogens is 226 g/mol. The fourth-order valence-corrected chi connectivity index (χ4v) is 1.40. The van der Waals surface area contributed by atoms with Crippen molar-refractivity contribution >= 4 is 6.09 Å². The van der Waals surface area contributed by atoms with Crippen LogP contribution in [-0.2, 0) is 6.42 Å². The molecule has 0 radical (unpaired) electrons. The number of unbranched alkanes of at least 4 members (excludes halogenated alkanes) is 2. The van der Waals surface area contributed by atoms with E-state index in [2.05, 4.69) is 42.6 Å². The lowest BCUT2D eigenvalue weighted by Crippen LogP contribution is -2.21. The molecular formula is C15H25NO2. The Hall–Kier alpha value is -1.51. The summed E-state index contributed by atoms with van der Waals surface area (Å²) >= 11 is 0. The van der Waals surface area contributed by atoms with E-state index < -0.39 is 6.09 Å². The summed E-state index contributed by atoms with van der Waals surface area (Å²) in [4.78, 5) is 9.76. The molecule has 0 aliphatic heterocycles. The highest BCUT2D eigenvalue weighted by molar-refractivity contribution is 5.64. The number of hydrogen-bond donors (Lipinski definition) is 2. The van der Waals surface area contributed by atoms with Gasteiger partial charge in [0.2, 0.25) is 0 Å². The molecule has 0 aliphatic carbocycles. The molecule has 0 fully saturated rings. The Balaban J connectivity index is 0.000000331. The Morgan fingerprint density at radius 1 is 1.11 bits per heavy atom. The van der Waals surface area contributed by atoms with Crippen molar-refractivity contribution < 1.29 is 9.90 Å². The Morgan fingerprint density at radius 2 is 1.72 bits per heavy atom. The van der Waals surface area contributed by atoms with Gasteiger partial charge in [-0.25, -0.2) is 4.79 Å². The predicted octanol–water partition coefficient (Wildman–Crippen LogP) is 4.08. The first-order valence-electron chi connectivity index (χ1n) is 6.71. The van der Waals surface area contributed by atoms with E-state index in [0.717, 1.165) is 12.8 Å². The standard InChI is InChI=1S/C10H14.C5H11NO2/c1-2-3-7-10-8-5-4-6-9-10;1-2-3-4-6-5(7)8/h4-6,8-9H,2-3,7H2,1H3;6H,2-4H2,1H3,(H,7,8). The van der Waals surface area contributed by atoms with Gasteiger partial charge in [-0.1, -0.05) is 57.0 Å². The molecule has 102 valence electrons. The summed E-state index contributed by atoms with van der Waals surface area (Å²) in [5.41, 5.74) is 1.46. The molecule has 0 aromatic heterocycles. The van der Waals surface area contributed by atoms with E-state index in [-0.39, 0.29) is 0 Å². The van der Waals surface area contributed by atoms with Gasteiger partial charge in [0, 0.05) is 6.54 Å². The van der Waals surface area contributed by atoms with Gasteiger partial charge in [0.1, 0.15) is 0 Å². The van der Waals surface area contributed by atoms with Crippen LogP contribution in [0.3, 0.4) is 0 Å². The van der Waals surface area contributed by atoms with Crippen LogP contribution < -0.4 is 5.32 Å². The Labute approximate surface area is 110 Å². The number of aryl methyl sites for hydroxylation is 1. The quantitative estimate of drug-likeness (QED) is 0.748. The minimum absolute atomic E-state index is 0.575. The molecule has 1 amide bonds. The van der Waals surface area contributed by atoms with Crippen molar-refractivity contribution in [2.45, 2.75) is 46.0 Å². The first-order chi connectivity index (χ1) is 8.70. The molecule has 3 heteroatoms. The van der Waals surface area contributed by atoms with Crippen molar-refractivity contribution in [3.8, 4) is 0 Å². The second-order valence-corrected chi connectivity index (χ2v) is 4.17. The third kappa shape index (κ3) is 11.0. The lowest BCUT2D eigenvalue weighted by atomic mass is 10.1. The van der Waals surface area contributed by atoms with Crippen molar-refractivity contribution in [1.82, 2.24) is 5.32 Å². The van der Waals surface area contributed by atoms with Crippen LogP contribution >= 0.6 is 0 Å². The fraction of sp³-hybridized carbons (Fsp3) is 0.533. The molecule has 0 unspecified atom stereocenters. The maximum absolute atomic E-state index is 9.76. The van der Waals surface area contributed by atoms with Gasteiger partial charge in [-0.2, -0.15) is 0 Å². The summed E-state index contributed by atoms with van der Waals surface area (Å²) < 4.78 is 0. The summed E-state index contributed by atoms with van der Waals surface area (Å²) in [5.74, 6) is 0. The maximum Gasteiger partial charge on any atom is 0.404 e. The van der Waals surface area contributed by atoms with Crippen LogP contribution in [-0.4, -0.2) is 17.7 Å². The van der Waals surface area contributed by atoms with Gasteiger partial charge >= 0.3 is 6.09 Å². The Kier molecular flexibility index (Phi) is 11.0. The number of rotatable bonds is 6. The van der Waals surface area contributed by atoms with E-state index >= 15 is 0 Å². The highest BCUT2D eigenvalue weighted by Crippen LogP contribution is 2.03. The first kappa shape index (κ1) is 16.5. The summed E-state index contributed by atoms with van der Waals surface area (Å²) in [6.45, 7) is 4.82. The summed E-state index contributed by atoms with van der Waals surface area (Å²) in [6, 6.07) is 10.6. The van der Waals surface area contributed by atoms with Crippen molar-refractivity contribution in [3.05, 3.63) is 35.9 Å². The number of nitrogens with one attached hydrogen (secondary N) is 1. The number of hydrogen-bond acceptors (Lipinski definition) is 1. The van der Waals surface area contributed by atoms with Crippen molar-refractivity contribution in [3.63, 3.8) is 0 Å². The van der Waals surface area contributed by atoms with Gasteiger partial charge in [0.15, 0.2) is 0 Å². The maximum atomic E-state index is 9.76. The van der Waals surface area contributed by atoms with Gasteiger partial charge in [-0.05, 0) is 24.8 Å². The zero-order chi connectivity index (χ0) is 13.6. The van der Waals surface area contributed by atoms with Crippen LogP contribution in [0.15, 0.2) is 30.3 Å². The molecule has 0 saturated heterocycles. The normalized spacial score (nSPS) is 9.22. The third-order valence-corrected chi connectivity index (χ3v) is 2.47. The van der Waals surface area contributed by atoms with Gasteiger partial charge in [-0.15, -0.1) is 0 Å². The van der Waals surface area contributed by atoms with E-state index in [4.69, 9.17) is 5.11 Å². The second kappa shape index (κ2) is 12.0. The summed E-state index contributed by atoms with van der Waals surface area (Å²) in [7, 11) is 0. The number of benzene rings is 1. The van der Waals surface area contributed by atoms with E-state index in [1.54, 1.807) is 0 Å². The van der Waals surface area contributed by atoms with Crippen molar-refractivity contribution in [2.24, 2.45) is 0 Å². The number of carbonyl (C=O) groups is 1. The van der Waals surface area contributed by atoms with Crippen LogP contribution in [0.4, 0.5) is 4.79 Å². The van der Waals surface area contributed by atoms with Crippen LogP contribution in [0.1, 0.15) is 45.1 Å². The van der Waals surface area contributed by atoms with Gasteiger partial charge in [0.25, 0.3) is 0 Å². The van der Waals surface area contributed by atoms with E-state index in [1.165, 1.54) is 24.8 Å². The molecule has 0 bridgehead atoms. The molecule has 0 atom stereocenters. The number of amides is 1. The highest BCUT2D eigenvalue weighted by atomic mass is 16.4. The summed E-state index contributed by atoms with van der Waals surface area (Å²) in [6.07, 6.45) is 4.85. The largest absolute Gasteiger partial charge is 0.465 e. The molecule has 2 N–H and O–H groups in total. The molecule has 0 saturated carbocycles. The smallest absolute Gasteiger partial charge is 0.404 e.